The molecule has 0 N–H and O–H groups in total. The Morgan fingerprint density at radius 3 is 2.33 bits per heavy atom. The summed E-state index contributed by atoms with van der Waals surface area (Å²) < 4.78 is 62.5. The molecule has 0 unspecified atom stereocenters. The molecule has 0 bridgehead atoms. The number of benzene rings is 1. The first kappa shape index (κ1) is 17.8. The number of halogens is 4. The molecule has 1 rings (SSSR count). The molecule has 0 saturated heterocycles. The summed E-state index contributed by atoms with van der Waals surface area (Å²) in [4.78, 5) is -0.385. The Kier molecular flexibility index (Phi) is 5.25. The molecule has 0 spiro atoms. The van der Waals surface area contributed by atoms with Crippen LogP contribution in [0.3, 0.4) is 0 Å². The highest BCUT2D eigenvalue weighted by Crippen LogP contribution is 2.27. The third-order valence-corrected chi connectivity index (χ3v) is 4.91. The van der Waals surface area contributed by atoms with Gasteiger partial charge in [0.25, 0.3) is 0 Å². The van der Waals surface area contributed by atoms with Gasteiger partial charge < -0.3 is 0 Å². The third kappa shape index (κ3) is 4.33. The molecule has 0 saturated carbocycles. The summed E-state index contributed by atoms with van der Waals surface area (Å²) in [6, 6.07) is 4.05. The zero-order valence-corrected chi connectivity index (χ0v) is 12.7. The van der Waals surface area contributed by atoms with Crippen molar-refractivity contribution in [1.29, 1.82) is 5.26 Å². The van der Waals surface area contributed by atoms with Crippen LogP contribution in [0.15, 0.2) is 23.1 Å². The van der Waals surface area contributed by atoms with Gasteiger partial charge in [-0.1, -0.05) is 11.6 Å². The Bertz CT molecular complexity index is 666. The normalized spacial score (nSPS) is 12.7. The summed E-state index contributed by atoms with van der Waals surface area (Å²) >= 11 is 5.73. The van der Waals surface area contributed by atoms with Gasteiger partial charge in [0.1, 0.15) is 12.6 Å². The average Bonchev–Trinajstić information content (AvgIpc) is 2.34. The summed E-state index contributed by atoms with van der Waals surface area (Å²) in [5.41, 5.74) is 0.0440. The Morgan fingerprint density at radius 1 is 1.38 bits per heavy atom. The zero-order chi connectivity index (χ0) is 16.4. The van der Waals surface area contributed by atoms with E-state index in [-0.39, 0.29) is 15.5 Å². The van der Waals surface area contributed by atoms with Crippen LogP contribution in [0.1, 0.15) is 19.4 Å². The van der Waals surface area contributed by atoms with Crippen molar-refractivity contribution in [2.24, 2.45) is 0 Å². The standard InChI is InChI=1S/C12H12ClF3N2O2S/c1-8(2)18(7-12(14,15)16)21(19,20)10-4-3-9(6-17)11(13)5-10/h3-5,8H,7H2,1-2H3. The zero-order valence-electron chi connectivity index (χ0n) is 11.1. The lowest BCUT2D eigenvalue weighted by Crippen LogP contribution is -2.43. The van der Waals surface area contributed by atoms with Crippen molar-refractivity contribution in [2.75, 3.05) is 6.54 Å². The molecule has 116 valence electrons. The van der Waals surface area contributed by atoms with E-state index in [2.05, 4.69) is 0 Å². The monoisotopic (exact) mass is 340 g/mol. The van der Waals surface area contributed by atoms with E-state index in [9.17, 15) is 21.6 Å². The van der Waals surface area contributed by atoms with Crippen LogP contribution in [0.2, 0.25) is 5.02 Å². The van der Waals surface area contributed by atoms with Crippen LogP contribution in [0, 0.1) is 11.3 Å². The minimum Gasteiger partial charge on any atom is -0.207 e. The first-order valence-corrected chi connectivity index (χ1v) is 7.59. The number of hydrogen-bond donors (Lipinski definition) is 0. The molecule has 0 aliphatic heterocycles. The number of nitriles is 1. The summed E-state index contributed by atoms with van der Waals surface area (Å²) in [5, 5.41) is 8.59. The molecule has 21 heavy (non-hydrogen) atoms. The number of alkyl halides is 3. The second-order valence-corrected chi connectivity index (χ2v) is 6.81. The molecule has 0 aromatic heterocycles. The van der Waals surface area contributed by atoms with Crippen LogP contribution in [0.4, 0.5) is 13.2 Å². The number of nitrogens with zero attached hydrogens (tertiary/aromatic N) is 2. The van der Waals surface area contributed by atoms with Crippen molar-refractivity contribution in [3.8, 4) is 6.07 Å². The van der Waals surface area contributed by atoms with Crippen LogP contribution < -0.4 is 0 Å². The van der Waals surface area contributed by atoms with Gasteiger partial charge >= 0.3 is 6.18 Å². The van der Waals surface area contributed by atoms with Crippen molar-refractivity contribution in [3.05, 3.63) is 28.8 Å². The Labute approximate surface area is 125 Å². The minimum atomic E-state index is -4.66. The van der Waals surface area contributed by atoms with E-state index < -0.39 is 28.8 Å². The first-order chi connectivity index (χ1) is 9.49. The van der Waals surface area contributed by atoms with E-state index in [1.165, 1.54) is 13.8 Å². The molecule has 0 heterocycles. The van der Waals surface area contributed by atoms with Crippen LogP contribution in [-0.2, 0) is 10.0 Å². The number of sulfonamides is 1. The van der Waals surface area contributed by atoms with E-state index in [0.717, 1.165) is 18.2 Å². The van der Waals surface area contributed by atoms with Crippen LogP contribution in [0.25, 0.3) is 0 Å². The Balaban J connectivity index is 3.30. The van der Waals surface area contributed by atoms with Crippen molar-refractivity contribution in [3.63, 3.8) is 0 Å². The van der Waals surface area contributed by atoms with Gasteiger partial charge in [-0.2, -0.15) is 22.7 Å². The molecular formula is C12H12ClF3N2O2S. The van der Waals surface area contributed by atoms with Gasteiger partial charge in [0.2, 0.25) is 10.0 Å². The van der Waals surface area contributed by atoms with Gasteiger partial charge in [-0.15, -0.1) is 0 Å². The van der Waals surface area contributed by atoms with E-state index in [1.54, 1.807) is 6.07 Å². The molecule has 0 aliphatic carbocycles. The van der Waals surface area contributed by atoms with Gasteiger partial charge in [0.05, 0.1) is 15.5 Å². The van der Waals surface area contributed by atoms with Crippen molar-refractivity contribution >= 4 is 21.6 Å². The largest absolute Gasteiger partial charge is 0.402 e. The quantitative estimate of drug-likeness (QED) is 0.845. The molecule has 1 aromatic carbocycles. The number of hydrogen-bond acceptors (Lipinski definition) is 3. The molecular weight excluding hydrogens is 329 g/mol. The van der Waals surface area contributed by atoms with Crippen LogP contribution in [0.5, 0.6) is 0 Å². The lowest BCUT2D eigenvalue weighted by Gasteiger charge is -2.26. The fourth-order valence-electron chi connectivity index (χ4n) is 1.60. The molecule has 9 heteroatoms. The predicted molar refractivity (Wildman–Crippen MR) is 71.2 cm³/mol. The van der Waals surface area contributed by atoms with E-state index in [4.69, 9.17) is 16.9 Å². The van der Waals surface area contributed by atoms with Gasteiger partial charge in [-0.05, 0) is 32.0 Å². The van der Waals surface area contributed by atoms with Crippen LogP contribution in [-0.4, -0.2) is 31.5 Å². The average molecular weight is 341 g/mol. The summed E-state index contributed by atoms with van der Waals surface area (Å²) in [7, 11) is -4.36. The summed E-state index contributed by atoms with van der Waals surface area (Å²) in [6.07, 6.45) is -4.66. The van der Waals surface area contributed by atoms with E-state index in [1.807, 2.05) is 0 Å². The molecule has 0 radical (unpaired) electrons. The number of rotatable bonds is 4. The topological polar surface area (TPSA) is 61.2 Å². The SMILES string of the molecule is CC(C)N(CC(F)(F)F)S(=O)(=O)c1ccc(C#N)c(Cl)c1. The minimum absolute atomic E-state index is 0.0440. The first-order valence-electron chi connectivity index (χ1n) is 5.77. The Hall–Kier alpha value is -1.30. The highest BCUT2D eigenvalue weighted by molar-refractivity contribution is 7.89. The molecule has 1 aromatic rings. The maximum absolute atomic E-state index is 12.5. The molecule has 4 nitrogen and oxygen atoms in total. The van der Waals surface area contributed by atoms with Crippen molar-refractivity contribution in [2.45, 2.75) is 31.0 Å². The fourth-order valence-corrected chi connectivity index (χ4v) is 3.54. The maximum atomic E-state index is 12.5. The second kappa shape index (κ2) is 6.22. The maximum Gasteiger partial charge on any atom is 0.402 e. The summed E-state index contributed by atoms with van der Waals surface area (Å²) in [6.45, 7) is 1.09. The van der Waals surface area contributed by atoms with E-state index in [0.29, 0.717) is 4.31 Å². The lowest BCUT2D eigenvalue weighted by atomic mass is 10.2. The van der Waals surface area contributed by atoms with Gasteiger partial charge in [-0.25, -0.2) is 8.42 Å². The van der Waals surface area contributed by atoms with Crippen molar-refractivity contribution < 1.29 is 21.6 Å². The second-order valence-electron chi connectivity index (χ2n) is 4.51. The van der Waals surface area contributed by atoms with Gasteiger partial charge in [0, 0.05) is 6.04 Å². The molecule has 0 aliphatic rings. The molecule has 0 amide bonds. The fraction of sp³-hybridized carbons (Fsp3) is 0.417. The van der Waals surface area contributed by atoms with E-state index >= 15 is 0 Å². The predicted octanol–water partition coefficient (Wildman–Crippen LogP) is 3.17. The third-order valence-electron chi connectivity index (χ3n) is 2.58. The highest BCUT2D eigenvalue weighted by atomic mass is 35.5. The summed E-state index contributed by atoms with van der Waals surface area (Å²) in [5.74, 6) is 0. The van der Waals surface area contributed by atoms with Gasteiger partial charge in [0.15, 0.2) is 0 Å². The Morgan fingerprint density at radius 2 is 1.95 bits per heavy atom. The van der Waals surface area contributed by atoms with Gasteiger partial charge in [-0.3, -0.25) is 0 Å². The highest BCUT2D eigenvalue weighted by Gasteiger charge is 2.38. The molecule has 0 atom stereocenters. The van der Waals surface area contributed by atoms with Crippen molar-refractivity contribution in [1.82, 2.24) is 4.31 Å². The van der Waals surface area contributed by atoms with Crippen LogP contribution >= 0.6 is 11.6 Å². The smallest absolute Gasteiger partial charge is 0.207 e. The molecule has 0 fully saturated rings. The lowest BCUT2D eigenvalue weighted by molar-refractivity contribution is -0.138.